The Balaban J connectivity index is 1.87. The Bertz CT molecular complexity index is 411. The van der Waals surface area contributed by atoms with Gasteiger partial charge in [0.2, 0.25) is 0 Å². The standard InChI is InChI=1S/C13H16F2N2O/c14-10-2-1-3-11(15)12(10)13(18)17-7-5-9-4-6-16-8-9/h1-3,9,16H,4-8H2,(H,17,18). The Kier molecular flexibility index (Phi) is 4.25. The van der Waals surface area contributed by atoms with E-state index < -0.39 is 23.1 Å². The zero-order chi connectivity index (χ0) is 13.0. The fourth-order valence-electron chi connectivity index (χ4n) is 2.15. The summed E-state index contributed by atoms with van der Waals surface area (Å²) in [5.74, 6) is -1.79. The van der Waals surface area contributed by atoms with Crippen LogP contribution in [0.1, 0.15) is 23.2 Å². The molecule has 1 fully saturated rings. The Hall–Kier alpha value is -1.49. The summed E-state index contributed by atoms with van der Waals surface area (Å²) in [6, 6.07) is 3.41. The summed E-state index contributed by atoms with van der Waals surface area (Å²) in [5, 5.41) is 5.79. The van der Waals surface area contributed by atoms with Gasteiger partial charge in [-0.1, -0.05) is 6.07 Å². The highest BCUT2D eigenvalue weighted by Gasteiger charge is 2.18. The van der Waals surface area contributed by atoms with Crippen LogP contribution >= 0.6 is 0 Å². The molecular formula is C13H16F2N2O. The van der Waals surface area contributed by atoms with Gasteiger partial charge < -0.3 is 10.6 Å². The lowest BCUT2D eigenvalue weighted by Crippen LogP contribution is -2.28. The molecule has 3 nitrogen and oxygen atoms in total. The van der Waals surface area contributed by atoms with Crippen LogP contribution in [0.25, 0.3) is 0 Å². The predicted octanol–water partition coefficient (Wildman–Crippen LogP) is 1.69. The van der Waals surface area contributed by atoms with Gasteiger partial charge in [0.05, 0.1) is 0 Å². The highest BCUT2D eigenvalue weighted by atomic mass is 19.1. The van der Waals surface area contributed by atoms with Crippen LogP contribution in [0.2, 0.25) is 0 Å². The Morgan fingerprint density at radius 2 is 2.11 bits per heavy atom. The summed E-state index contributed by atoms with van der Waals surface area (Å²) in [4.78, 5) is 11.7. The van der Waals surface area contributed by atoms with Crippen molar-refractivity contribution in [2.24, 2.45) is 5.92 Å². The van der Waals surface area contributed by atoms with Gasteiger partial charge in [-0.05, 0) is 44.0 Å². The maximum atomic E-state index is 13.3. The number of amides is 1. The largest absolute Gasteiger partial charge is 0.352 e. The molecule has 1 unspecified atom stereocenters. The Morgan fingerprint density at radius 1 is 1.39 bits per heavy atom. The van der Waals surface area contributed by atoms with Crippen molar-refractivity contribution in [3.05, 3.63) is 35.4 Å². The first-order valence-corrected chi connectivity index (χ1v) is 6.11. The summed E-state index contributed by atoms with van der Waals surface area (Å²) >= 11 is 0. The van der Waals surface area contributed by atoms with E-state index >= 15 is 0 Å². The second-order valence-corrected chi connectivity index (χ2v) is 4.50. The van der Waals surface area contributed by atoms with Crippen molar-refractivity contribution in [2.45, 2.75) is 12.8 Å². The molecule has 1 heterocycles. The zero-order valence-corrected chi connectivity index (χ0v) is 10.0. The topological polar surface area (TPSA) is 41.1 Å². The van der Waals surface area contributed by atoms with E-state index in [1.54, 1.807) is 0 Å². The van der Waals surface area contributed by atoms with Crippen molar-refractivity contribution in [3.8, 4) is 0 Å². The number of carbonyl (C=O) groups excluding carboxylic acids is 1. The molecule has 1 aliphatic heterocycles. The first kappa shape index (κ1) is 13.0. The van der Waals surface area contributed by atoms with Crippen molar-refractivity contribution in [3.63, 3.8) is 0 Å². The molecule has 0 aromatic heterocycles. The highest BCUT2D eigenvalue weighted by Crippen LogP contribution is 2.13. The molecule has 1 atom stereocenters. The molecule has 1 aliphatic rings. The average Bonchev–Trinajstić information content (AvgIpc) is 2.82. The Labute approximate surface area is 105 Å². The van der Waals surface area contributed by atoms with Gasteiger partial charge in [0.1, 0.15) is 17.2 Å². The fraction of sp³-hybridized carbons (Fsp3) is 0.462. The number of carbonyl (C=O) groups is 1. The molecule has 18 heavy (non-hydrogen) atoms. The van der Waals surface area contributed by atoms with Gasteiger partial charge in [-0.15, -0.1) is 0 Å². The summed E-state index contributed by atoms with van der Waals surface area (Å²) in [6.45, 7) is 2.39. The van der Waals surface area contributed by atoms with E-state index in [9.17, 15) is 13.6 Å². The molecule has 0 saturated carbocycles. The number of halogens is 2. The van der Waals surface area contributed by atoms with Crippen molar-refractivity contribution in [2.75, 3.05) is 19.6 Å². The summed E-state index contributed by atoms with van der Waals surface area (Å²) in [6.07, 6.45) is 1.92. The van der Waals surface area contributed by atoms with Crippen LogP contribution in [-0.4, -0.2) is 25.5 Å². The molecule has 2 N–H and O–H groups in total. The van der Waals surface area contributed by atoms with Crippen LogP contribution in [0.3, 0.4) is 0 Å². The lowest BCUT2D eigenvalue weighted by molar-refractivity contribution is 0.0943. The van der Waals surface area contributed by atoms with Crippen LogP contribution in [-0.2, 0) is 0 Å². The smallest absolute Gasteiger partial charge is 0.257 e. The normalized spacial score (nSPS) is 18.9. The van der Waals surface area contributed by atoms with E-state index in [4.69, 9.17) is 0 Å². The monoisotopic (exact) mass is 254 g/mol. The number of benzene rings is 1. The average molecular weight is 254 g/mol. The summed E-state index contributed by atoms with van der Waals surface area (Å²) in [5.41, 5.74) is -0.498. The van der Waals surface area contributed by atoms with E-state index in [-0.39, 0.29) is 0 Å². The molecule has 1 aromatic carbocycles. The molecule has 1 saturated heterocycles. The summed E-state index contributed by atoms with van der Waals surface area (Å²) in [7, 11) is 0. The second-order valence-electron chi connectivity index (χ2n) is 4.50. The number of hydrogen-bond donors (Lipinski definition) is 2. The SMILES string of the molecule is O=C(NCCC1CCNC1)c1c(F)cccc1F. The van der Waals surface area contributed by atoms with Crippen LogP contribution in [0.4, 0.5) is 8.78 Å². The predicted molar refractivity (Wildman–Crippen MR) is 64.3 cm³/mol. The first-order valence-electron chi connectivity index (χ1n) is 6.11. The van der Waals surface area contributed by atoms with Gasteiger partial charge in [-0.3, -0.25) is 4.79 Å². The minimum absolute atomic E-state index is 0.443. The van der Waals surface area contributed by atoms with Gasteiger partial charge in [0.25, 0.3) is 5.91 Å². The highest BCUT2D eigenvalue weighted by molar-refractivity contribution is 5.94. The first-order chi connectivity index (χ1) is 8.68. The van der Waals surface area contributed by atoms with Crippen molar-refractivity contribution < 1.29 is 13.6 Å². The van der Waals surface area contributed by atoms with Gasteiger partial charge in [0, 0.05) is 6.54 Å². The van der Waals surface area contributed by atoms with Crippen LogP contribution in [0.5, 0.6) is 0 Å². The molecule has 1 aromatic rings. The lowest BCUT2D eigenvalue weighted by Gasteiger charge is -2.10. The van der Waals surface area contributed by atoms with Gasteiger partial charge in [-0.2, -0.15) is 0 Å². The molecule has 2 rings (SSSR count). The minimum Gasteiger partial charge on any atom is -0.352 e. The van der Waals surface area contributed by atoms with Crippen LogP contribution < -0.4 is 10.6 Å². The maximum Gasteiger partial charge on any atom is 0.257 e. The van der Waals surface area contributed by atoms with Crippen LogP contribution in [0.15, 0.2) is 18.2 Å². The Morgan fingerprint density at radius 3 is 2.72 bits per heavy atom. The molecule has 98 valence electrons. The van der Waals surface area contributed by atoms with Gasteiger partial charge >= 0.3 is 0 Å². The molecule has 5 heteroatoms. The molecule has 0 bridgehead atoms. The molecule has 0 aliphatic carbocycles. The van der Waals surface area contributed by atoms with Crippen LogP contribution in [0, 0.1) is 17.6 Å². The second kappa shape index (κ2) is 5.91. The van der Waals surface area contributed by atoms with Crippen molar-refractivity contribution in [1.29, 1.82) is 0 Å². The number of rotatable bonds is 4. The molecule has 0 spiro atoms. The van der Waals surface area contributed by atoms with E-state index in [2.05, 4.69) is 10.6 Å². The fourth-order valence-corrected chi connectivity index (χ4v) is 2.15. The van der Waals surface area contributed by atoms with E-state index in [1.807, 2.05) is 0 Å². The maximum absolute atomic E-state index is 13.3. The van der Waals surface area contributed by atoms with E-state index in [1.165, 1.54) is 6.07 Å². The number of nitrogens with one attached hydrogen (secondary N) is 2. The third-order valence-corrected chi connectivity index (χ3v) is 3.19. The van der Waals surface area contributed by atoms with E-state index in [0.29, 0.717) is 12.5 Å². The zero-order valence-electron chi connectivity index (χ0n) is 10.0. The molecule has 0 radical (unpaired) electrons. The van der Waals surface area contributed by atoms with Crippen molar-refractivity contribution >= 4 is 5.91 Å². The quantitative estimate of drug-likeness (QED) is 0.858. The molecule has 1 amide bonds. The van der Waals surface area contributed by atoms with Crippen molar-refractivity contribution in [1.82, 2.24) is 10.6 Å². The third-order valence-electron chi connectivity index (χ3n) is 3.19. The van der Waals surface area contributed by atoms with Gasteiger partial charge in [0.15, 0.2) is 0 Å². The molecular weight excluding hydrogens is 238 g/mol. The summed E-state index contributed by atoms with van der Waals surface area (Å²) < 4.78 is 26.6. The lowest BCUT2D eigenvalue weighted by atomic mass is 10.1. The van der Waals surface area contributed by atoms with Gasteiger partial charge in [-0.25, -0.2) is 8.78 Å². The number of hydrogen-bond acceptors (Lipinski definition) is 2. The van der Waals surface area contributed by atoms with E-state index in [0.717, 1.165) is 38.1 Å². The third kappa shape index (κ3) is 3.04. The minimum atomic E-state index is -0.824.